The molecule has 1 aromatic rings. The number of hydrogen-bond acceptors (Lipinski definition) is 3. The molecular formula is C13H16BrNO2. The standard InChI is InChI=1S/C13H16BrNO2/c1-9(16)12-7-10(14)4-5-13(12)15-6-2-3-11(17)8-15/h4-5,7,11,17H,2-3,6,8H2,1H3. The number of halogens is 1. The van der Waals surface area contributed by atoms with Crippen LogP contribution < -0.4 is 4.90 Å². The maximum Gasteiger partial charge on any atom is 0.161 e. The number of ketones is 1. The lowest BCUT2D eigenvalue weighted by Crippen LogP contribution is -2.38. The van der Waals surface area contributed by atoms with Crippen molar-refractivity contribution in [2.45, 2.75) is 25.9 Å². The molecule has 1 N–H and O–H groups in total. The fourth-order valence-corrected chi connectivity index (χ4v) is 2.60. The van der Waals surface area contributed by atoms with Crippen LogP contribution in [-0.2, 0) is 0 Å². The van der Waals surface area contributed by atoms with Gasteiger partial charge in [-0.1, -0.05) is 15.9 Å². The first-order chi connectivity index (χ1) is 8.08. The highest BCUT2D eigenvalue weighted by atomic mass is 79.9. The summed E-state index contributed by atoms with van der Waals surface area (Å²) in [4.78, 5) is 13.7. The largest absolute Gasteiger partial charge is 0.391 e. The molecule has 2 rings (SSSR count). The third-order valence-electron chi connectivity index (χ3n) is 3.08. The molecule has 92 valence electrons. The molecule has 0 aliphatic carbocycles. The number of anilines is 1. The van der Waals surface area contributed by atoms with E-state index in [-0.39, 0.29) is 11.9 Å². The van der Waals surface area contributed by atoms with E-state index in [1.165, 1.54) is 0 Å². The highest BCUT2D eigenvalue weighted by Crippen LogP contribution is 2.27. The first kappa shape index (κ1) is 12.6. The van der Waals surface area contributed by atoms with Crippen molar-refractivity contribution in [2.24, 2.45) is 0 Å². The Labute approximate surface area is 110 Å². The van der Waals surface area contributed by atoms with Crippen LogP contribution in [0.2, 0.25) is 0 Å². The molecule has 1 aliphatic rings. The van der Waals surface area contributed by atoms with Crippen molar-refractivity contribution in [1.82, 2.24) is 0 Å². The molecule has 0 radical (unpaired) electrons. The summed E-state index contributed by atoms with van der Waals surface area (Å²) in [6.45, 7) is 3.09. The van der Waals surface area contributed by atoms with Crippen LogP contribution in [0.3, 0.4) is 0 Å². The summed E-state index contributed by atoms with van der Waals surface area (Å²) in [6, 6.07) is 5.72. The third kappa shape index (κ3) is 2.87. The summed E-state index contributed by atoms with van der Waals surface area (Å²) in [5.74, 6) is 0.0568. The predicted molar refractivity (Wildman–Crippen MR) is 71.6 cm³/mol. The van der Waals surface area contributed by atoms with E-state index in [0.717, 1.165) is 29.5 Å². The van der Waals surface area contributed by atoms with Gasteiger partial charge < -0.3 is 10.0 Å². The monoisotopic (exact) mass is 297 g/mol. The number of aliphatic hydroxyl groups is 1. The van der Waals surface area contributed by atoms with E-state index in [2.05, 4.69) is 20.8 Å². The SMILES string of the molecule is CC(=O)c1cc(Br)ccc1N1CCCC(O)C1. The van der Waals surface area contributed by atoms with Crippen molar-refractivity contribution in [3.05, 3.63) is 28.2 Å². The summed E-state index contributed by atoms with van der Waals surface area (Å²) in [5.41, 5.74) is 1.65. The molecule has 1 saturated heterocycles. The van der Waals surface area contributed by atoms with E-state index in [9.17, 15) is 9.90 Å². The maximum atomic E-state index is 11.6. The number of carbonyl (C=O) groups is 1. The van der Waals surface area contributed by atoms with Gasteiger partial charge in [-0.2, -0.15) is 0 Å². The second kappa shape index (κ2) is 5.19. The molecular weight excluding hydrogens is 282 g/mol. The number of nitrogens with zero attached hydrogens (tertiary/aromatic N) is 1. The lowest BCUT2D eigenvalue weighted by atomic mass is 10.0. The summed E-state index contributed by atoms with van der Waals surface area (Å²) >= 11 is 3.38. The zero-order chi connectivity index (χ0) is 12.4. The maximum absolute atomic E-state index is 11.6. The minimum absolute atomic E-state index is 0.0568. The van der Waals surface area contributed by atoms with Gasteiger partial charge in [0.05, 0.1) is 6.10 Å². The Kier molecular flexibility index (Phi) is 3.84. The first-order valence-electron chi connectivity index (χ1n) is 5.81. The summed E-state index contributed by atoms with van der Waals surface area (Å²) < 4.78 is 0.906. The van der Waals surface area contributed by atoms with Gasteiger partial charge >= 0.3 is 0 Å². The van der Waals surface area contributed by atoms with Crippen LogP contribution in [0.5, 0.6) is 0 Å². The number of Topliss-reactive ketones (excluding diaryl/α,β-unsaturated/α-hetero) is 1. The van der Waals surface area contributed by atoms with Crippen LogP contribution in [0, 0.1) is 0 Å². The zero-order valence-corrected chi connectivity index (χ0v) is 11.4. The fraction of sp³-hybridized carbons (Fsp3) is 0.462. The molecule has 0 bridgehead atoms. The Hall–Kier alpha value is -0.870. The average Bonchev–Trinajstić information content (AvgIpc) is 2.28. The highest BCUT2D eigenvalue weighted by molar-refractivity contribution is 9.10. The predicted octanol–water partition coefficient (Wildman–Crippen LogP) is 2.61. The van der Waals surface area contributed by atoms with Crippen LogP contribution >= 0.6 is 15.9 Å². The molecule has 4 heteroatoms. The minimum Gasteiger partial charge on any atom is -0.391 e. The molecule has 17 heavy (non-hydrogen) atoms. The Morgan fingerprint density at radius 1 is 1.53 bits per heavy atom. The molecule has 1 aromatic carbocycles. The van der Waals surface area contributed by atoms with E-state index in [1.54, 1.807) is 6.92 Å². The number of piperidine rings is 1. The minimum atomic E-state index is -0.285. The van der Waals surface area contributed by atoms with E-state index >= 15 is 0 Å². The highest BCUT2D eigenvalue weighted by Gasteiger charge is 2.21. The number of hydrogen-bond donors (Lipinski definition) is 1. The van der Waals surface area contributed by atoms with E-state index in [0.29, 0.717) is 12.1 Å². The van der Waals surface area contributed by atoms with Crippen molar-refractivity contribution in [3.8, 4) is 0 Å². The number of benzene rings is 1. The smallest absolute Gasteiger partial charge is 0.161 e. The second-order valence-corrected chi connectivity index (χ2v) is 5.38. The van der Waals surface area contributed by atoms with Crippen LogP contribution in [0.15, 0.2) is 22.7 Å². The van der Waals surface area contributed by atoms with Gasteiger partial charge in [-0.15, -0.1) is 0 Å². The van der Waals surface area contributed by atoms with E-state index < -0.39 is 0 Å². The molecule has 1 aliphatic heterocycles. The molecule has 0 amide bonds. The second-order valence-electron chi connectivity index (χ2n) is 4.46. The normalized spacial score (nSPS) is 20.4. The molecule has 0 spiro atoms. The van der Waals surface area contributed by atoms with Crippen LogP contribution in [0.1, 0.15) is 30.1 Å². The molecule has 0 saturated carbocycles. The summed E-state index contributed by atoms with van der Waals surface area (Å²) in [6.07, 6.45) is 1.53. The number of rotatable bonds is 2. The average molecular weight is 298 g/mol. The molecule has 1 heterocycles. The molecule has 1 atom stereocenters. The van der Waals surface area contributed by atoms with Crippen molar-refractivity contribution in [1.29, 1.82) is 0 Å². The zero-order valence-electron chi connectivity index (χ0n) is 9.82. The van der Waals surface area contributed by atoms with Gasteiger partial charge in [0.25, 0.3) is 0 Å². The van der Waals surface area contributed by atoms with Crippen LogP contribution in [0.25, 0.3) is 0 Å². The van der Waals surface area contributed by atoms with Gasteiger partial charge in [-0.05, 0) is 38.0 Å². The molecule has 0 aromatic heterocycles. The van der Waals surface area contributed by atoms with Crippen molar-refractivity contribution < 1.29 is 9.90 Å². The van der Waals surface area contributed by atoms with E-state index in [1.807, 2.05) is 18.2 Å². The first-order valence-corrected chi connectivity index (χ1v) is 6.60. The lowest BCUT2D eigenvalue weighted by molar-refractivity contribution is 0.101. The quantitative estimate of drug-likeness (QED) is 0.853. The Balaban J connectivity index is 2.33. The van der Waals surface area contributed by atoms with Gasteiger partial charge in [0.15, 0.2) is 5.78 Å². The van der Waals surface area contributed by atoms with E-state index in [4.69, 9.17) is 0 Å². The Morgan fingerprint density at radius 3 is 2.94 bits per heavy atom. The van der Waals surface area contributed by atoms with Gasteiger partial charge in [-0.25, -0.2) is 0 Å². The summed E-state index contributed by atoms with van der Waals surface area (Å²) in [5, 5.41) is 9.69. The van der Waals surface area contributed by atoms with Crippen molar-refractivity contribution in [3.63, 3.8) is 0 Å². The molecule has 1 fully saturated rings. The van der Waals surface area contributed by atoms with Gasteiger partial charge in [0.2, 0.25) is 0 Å². The molecule has 1 unspecified atom stereocenters. The number of carbonyl (C=O) groups excluding carboxylic acids is 1. The Bertz CT molecular complexity index is 433. The van der Waals surface area contributed by atoms with Crippen LogP contribution in [0.4, 0.5) is 5.69 Å². The summed E-state index contributed by atoms with van der Waals surface area (Å²) in [7, 11) is 0. The van der Waals surface area contributed by atoms with Gasteiger partial charge in [-0.3, -0.25) is 4.79 Å². The van der Waals surface area contributed by atoms with Crippen molar-refractivity contribution in [2.75, 3.05) is 18.0 Å². The third-order valence-corrected chi connectivity index (χ3v) is 3.57. The van der Waals surface area contributed by atoms with Crippen molar-refractivity contribution >= 4 is 27.4 Å². The number of β-amino-alcohol motifs (C(OH)–C–C–N with tert-alkyl or cyclic N) is 1. The topological polar surface area (TPSA) is 40.5 Å². The lowest BCUT2D eigenvalue weighted by Gasteiger charge is -2.33. The molecule has 3 nitrogen and oxygen atoms in total. The van der Waals surface area contributed by atoms with Gasteiger partial charge in [0.1, 0.15) is 0 Å². The number of aliphatic hydroxyl groups excluding tert-OH is 1. The van der Waals surface area contributed by atoms with Gasteiger partial charge in [0, 0.05) is 28.8 Å². The fourth-order valence-electron chi connectivity index (χ4n) is 2.24. The Morgan fingerprint density at radius 2 is 2.29 bits per heavy atom. The van der Waals surface area contributed by atoms with Crippen LogP contribution in [-0.4, -0.2) is 30.1 Å².